The van der Waals surface area contributed by atoms with Gasteiger partial charge in [-0.05, 0) is 17.0 Å². The summed E-state index contributed by atoms with van der Waals surface area (Å²) in [5.74, 6) is 2.37. The van der Waals surface area contributed by atoms with Crippen LogP contribution in [0.5, 0.6) is 11.5 Å². The van der Waals surface area contributed by atoms with Gasteiger partial charge in [0.15, 0.2) is 0 Å². The Morgan fingerprint density at radius 1 is 0.841 bits per heavy atom. The van der Waals surface area contributed by atoms with E-state index in [1.54, 1.807) is 0 Å². The summed E-state index contributed by atoms with van der Waals surface area (Å²) in [6.45, 7) is 15.4. The van der Waals surface area contributed by atoms with Crippen LogP contribution >= 0.6 is 0 Å². The Bertz CT molecular complexity index is 2040. The zero-order chi connectivity index (χ0) is 34.1. The van der Waals surface area contributed by atoms with E-state index >= 15 is 0 Å². The molecule has 0 N–H and O–H groups in total. The summed E-state index contributed by atoms with van der Waals surface area (Å²) in [6, 6.07) is 24.6. The molecule has 0 fully saturated rings. The van der Waals surface area contributed by atoms with Crippen molar-refractivity contribution in [3.05, 3.63) is 99.5 Å². The van der Waals surface area contributed by atoms with Crippen LogP contribution in [-0.2, 0) is 43.6 Å². The van der Waals surface area contributed by atoms with Gasteiger partial charge in [-0.2, -0.15) is 0 Å². The third kappa shape index (κ3) is 5.60. The molecule has 0 atom stereocenters. The van der Waals surface area contributed by atoms with Gasteiger partial charge in [0.2, 0.25) is 0 Å². The topological polar surface area (TPSA) is 35.2 Å². The number of anilines is 2. The Hall–Kier alpha value is -3.43. The standard InChI is InChI=1S/C38H44N4O.Pt/c1-36(2,3)27-17-19-39-35(22-27)42-34-24-30(15-14-26(34)16-18-38(42,7)8)43-31-21-28(37(4,5)6)20-29(23-31)41-25-40(9)32-12-10-11-13-33(32)41;/h10-15,17,19-24H,16,18H2,1-9H3;/i9D3;. The van der Waals surface area contributed by atoms with Crippen molar-refractivity contribution in [3.8, 4) is 17.2 Å². The number of nitrogens with zero attached hydrogens (tertiary/aromatic N) is 4. The summed E-state index contributed by atoms with van der Waals surface area (Å²) >= 11 is 2.12. The molecule has 1 aliphatic heterocycles. The minimum absolute atomic E-state index is 0.00679. The monoisotopic (exact) mass is 770 g/mol. The maximum absolute atomic E-state index is 8.27. The number of benzene rings is 3. The summed E-state index contributed by atoms with van der Waals surface area (Å²) in [4.78, 5) is 7.23. The molecule has 5 aromatic rings. The number of hydrogen-bond donors (Lipinski definition) is 0. The van der Waals surface area contributed by atoms with Gasteiger partial charge in [0.05, 0.1) is 0 Å². The third-order valence-corrected chi connectivity index (χ3v) is 9.72. The van der Waals surface area contributed by atoms with Crippen LogP contribution in [0.4, 0.5) is 11.5 Å². The molecule has 0 radical (unpaired) electrons. The maximum atomic E-state index is 8.27. The molecule has 0 spiro atoms. The van der Waals surface area contributed by atoms with Crippen molar-refractivity contribution < 1.29 is 28.2 Å². The van der Waals surface area contributed by atoms with Crippen molar-refractivity contribution in [2.24, 2.45) is 6.98 Å². The fraction of sp³-hybridized carbons (Fsp3) is 0.368. The summed E-state index contributed by atoms with van der Waals surface area (Å²) in [5.41, 5.74) is 6.72. The van der Waals surface area contributed by atoms with E-state index in [4.69, 9.17) is 13.8 Å². The van der Waals surface area contributed by atoms with Crippen molar-refractivity contribution in [1.82, 2.24) is 14.1 Å². The third-order valence-electron chi connectivity index (χ3n) is 8.71. The second-order valence-electron chi connectivity index (χ2n) is 14.6. The molecule has 232 valence electrons. The number of aromatic nitrogens is 3. The average molecular weight is 771 g/mol. The summed E-state index contributed by atoms with van der Waals surface area (Å²) < 4.78 is 35.6. The normalized spacial score (nSPS) is 16.3. The summed E-state index contributed by atoms with van der Waals surface area (Å²) in [7, 11) is 0. The van der Waals surface area contributed by atoms with Crippen LogP contribution < -0.4 is 9.64 Å². The Kier molecular flexibility index (Phi) is 6.66. The molecule has 0 unspecified atom stereocenters. The molecule has 44 heavy (non-hydrogen) atoms. The first-order chi connectivity index (χ1) is 21.8. The van der Waals surface area contributed by atoms with Crippen molar-refractivity contribution in [3.63, 3.8) is 0 Å². The second-order valence-corrected chi connectivity index (χ2v) is 15.6. The van der Waals surface area contributed by atoms with Crippen LogP contribution in [0.2, 0.25) is 0 Å². The molecule has 2 aromatic heterocycles. The number of para-hydroxylation sites is 2. The molecular formula is C38H44N4OPt. The van der Waals surface area contributed by atoms with Gasteiger partial charge >= 0.3 is 234 Å². The van der Waals surface area contributed by atoms with Gasteiger partial charge in [-0.25, -0.2) is 0 Å². The quantitative estimate of drug-likeness (QED) is 0.183. The van der Waals surface area contributed by atoms with Crippen molar-refractivity contribution in [2.75, 3.05) is 4.90 Å². The molecule has 0 aliphatic carbocycles. The zero-order valence-corrected chi connectivity index (χ0v) is 29.2. The van der Waals surface area contributed by atoms with E-state index in [2.05, 4.69) is 122 Å². The number of pyridine rings is 1. The van der Waals surface area contributed by atoms with Crippen LogP contribution in [0.1, 0.15) is 82.6 Å². The Morgan fingerprint density at radius 3 is 2.27 bits per heavy atom. The van der Waals surface area contributed by atoms with E-state index in [1.807, 2.05) is 41.1 Å². The number of imidazole rings is 1. The van der Waals surface area contributed by atoms with Gasteiger partial charge in [0.25, 0.3) is 0 Å². The van der Waals surface area contributed by atoms with Gasteiger partial charge in [-0.15, -0.1) is 0 Å². The van der Waals surface area contributed by atoms with Gasteiger partial charge in [-0.1, -0.05) is 20.8 Å². The van der Waals surface area contributed by atoms with Crippen molar-refractivity contribution in [2.45, 2.75) is 84.6 Å². The van der Waals surface area contributed by atoms with Crippen LogP contribution in [0.15, 0.2) is 79.0 Å². The van der Waals surface area contributed by atoms with E-state index in [-0.39, 0.29) is 16.4 Å². The number of aryl methyl sites for hydroxylation is 2. The first-order valence-electron chi connectivity index (χ1n) is 16.8. The van der Waals surface area contributed by atoms with Crippen LogP contribution in [0, 0.1) is 3.80 Å². The average Bonchev–Trinajstić information content (AvgIpc) is 3.28. The van der Waals surface area contributed by atoms with Gasteiger partial charge in [-0.3, -0.25) is 0 Å². The molecule has 1 aliphatic rings. The number of hydrogen-bond acceptors (Lipinski definition) is 3. The van der Waals surface area contributed by atoms with E-state index in [0.717, 1.165) is 46.9 Å². The molecule has 3 heterocycles. The minimum atomic E-state index is -2.33. The second kappa shape index (κ2) is 10.9. The van der Waals surface area contributed by atoms with Crippen molar-refractivity contribution >= 4 is 22.5 Å². The van der Waals surface area contributed by atoms with Gasteiger partial charge in [0.1, 0.15) is 0 Å². The van der Waals surface area contributed by atoms with E-state index in [9.17, 15) is 0 Å². The molecule has 0 bridgehead atoms. The molecule has 3 aromatic carbocycles. The molecule has 6 heteroatoms. The van der Waals surface area contributed by atoms with Crippen molar-refractivity contribution in [1.29, 1.82) is 0 Å². The number of fused-ring (bicyclic) bond motifs is 2. The molecule has 6 rings (SSSR count). The first kappa shape index (κ1) is 26.9. The number of rotatable bonds is 4. The molecular weight excluding hydrogens is 724 g/mol. The zero-order valence-electron chi connectivity index (χ0n) is 29.9. The number of ether oxygens (including phenoxy) is 1. The van der Waals surface area contributed by atoms with Crippen LogP contribution in [0.25, 0.3) is 16.7 Å². The molecule has 5 nitrogen and oxygen atoms in total. The summed E-state index contributed by atoms with van der Waals surface area (Å²) in [6.07, 6.45) is 3.91. The predicted octanol–water partition coefficient (Wildman–Crippen LogP) is 9.69. The molecule has 0 saturated carbocycles. The summed E-state index contributed by atoms with van der Waals surface area (Å²) in [5, 5.41) is 0. The van der Waals surface area contributed by atoms with E-state index < -0.39 is 6.98 Å². The molecule has 0 amide bonds. The van der Waals surface area contributed by atoms with Gasteiger partial charge < -0.3 is 0 Å². The van der Waals surface area contributed by atoms with Gasteiger partial charge in [0, 0.05) is 6.20 Å². The predicted molar refractivity (Wildman–Crippen MR) is 178 cm³/mol. The van der Waals surface area contributed by atoms with Crippen LogP contribution in [-0.4, -0.2) is 19.7 Å². The molecule has 0 saturated heterocycles. The Morgan fingerprint density at radius 2 is 1.57 bits per heavy atom. The first-order valence-corrected chi connectivity index (χ1v) is 16.4. The SMILES string of the molecule is [2H]C([2H])([2H])n1[c](=[Pt])n(-c2cc(Oc3ccc4c(c3)N(c3cc(C(C)(C)C)ccn3)C(C)(C)CC4)cc(C(C)(C)C)c2)c2ccccc21. The van der Waals surface area contributed by atoms with E-state index in [0.29, 0.717) is 15.1 Å². The fourth-order valence-corrected chi connectivity index (χ4v) is 6.89. The van der Waals surface area contributed by atoms with E-state index in [1.165, 1.54) is 15.7 Å². The Balaban J connectivity index is 1.47. The fourth-order valence-electron chi connectivity index (χ4n) is 6.05. The Labute approximate surface area is 277 Å². The van der Waals surface area contributed by atoms with Crippen LogP contribution in [0.3, 0.4) is 0 Å².